The molecule has 0 radical (unpaired) electrons. The van der Waals surface area contributed by atoms with Gasteiger partial charge >= 0.3 is 22.9 Å². The zero-order chi connectivity index (χ0) is 24.3. The lowest BCUT2D eigenvalue weighted by Gasteiger charge is -2.26. The first-order valence-corrected chi connectivity index (χ1v) is 10.5. The number of sulfone groups is 2. The molecule has 0 spiro atoms. The summed E-state index contributed by atoms with van der Waals surface area (Å²) in [6.07, 6.45) is -14.0. The van der Waals surface area contributed by atoms with Crippen LogP contribution in [0.15, 0.2) is 34.1 Å². The second-order valence-electron chi connectivity index (χ2n) is 6.03. The van der Waals surface area contributed by atoms with Gasteiger partial charge in [0, 0.05) is 0 Å². The molecule has 1 aliphatic carbocycles. The number of fused-ring (bicyclic) bond motifs is 1. The standard InChI is InChI=1S/C15H8F10O4S2/c16-12(17,18)14(22,23)30(26,27)11(31(28,29)15(24,25)13(19,20)21)10-6-5-8-3-1-2-4-9(8)7-10/h1-5,7H,6H2. The van der Waals surface area contributed by atoms with Gasteiger partial charge in [0.2, 0.25) is 0 Å². The number of allylic oxidation sites excluding steroid dienone is 1. The highest BCUT2D eigenvalue weighted by atomic mass is 32.3. The first-order chi connectivity index (χ1) is 13.7. The summed E-state index contributed by atoms with van der Waals surface area (Å²) < 4.78 is 175. The molecule has 16 heteroatoms. The molecule has 4 nitrogen and oxygen atoms in total. The molecular formula is C15H8F10O4S2. The molecule has 0 fully saturated rings. The van der Waals surface area contributed by atoms with E-state index in [1.165, 1.54) is 18.2 Å². The molecule has 0 aromatic heterocycles. The Morgan fingerprint density at radius 2 is 1.06 bits per heavy atom. The highest BCUT2D eigenvalue weighted by Crippen LogP contribution is 2.50. The molecule has 0 saturated carbocycles. The molecular weight excluding hydrogens is 498 g/mol. The van der Waals surface area contributed by atoms with E-state index in [2.05, 4.69) is 0 Å². The van der Waals surface area contributed by atoms with Crippen LogP contribution in [0, 0.1) is 0 Å². The van der Waals surface area contributed by atoms with Gasteiger partial charge < -0.3 is 0 Å². The maximum Gasteiger partial charge on any atom is 0.469 e. The Morgan fingerprint density at radius 3 is 1.45 bits per heavy atom. The number of halogens is 10. The molecule has 174 valence electrons. The van der Waals surface area contributed by atoms with Gasteiger partial charge in [-0.05, 0) is 28.5 Å². The summed E-state index contributed by atoms with van der Waals surface area (Å²) in [4.78, 5) is 0. The van der Waals surface area contributed by atoms with Gasteiger partial charge in [-0.15, -0.1) is 0 Å². The maximum absolute atomic E-state index is 13.7. The predicted molar refractivity (Wildman–Crippen MR) is 86.1 cm³/mol. The van der Waals surface area contributed by atoms with Crippen molar-refractivity contribution in [1.82, 2.24) is 0 Å². The summed E-state index contributed by atoms with van der Waals surface area (Å²) in [7, 11) is -15.3. The van der Waals surface area contributed by atoms with Crippen LogP contribution in [0.25, 0.3) is 12.2 Å². The van der Waals surface area contributed by atoms with Crippen molar-refractivity contribution in [3.63, 3.8) is 0 Å². The summed E-state index contributed by atoms with van der Waals surface area (Å²) in [5.41, 5.74) is -1.62. The summed E-state index contributed by atoms with van der Waals surface area (Å²) in [5.74, 6) is 0. The second kappa shape index (κ2) is 7.21. The molecule has 1 aromatic rings. The normalized spacial score (nSPS) is 16.3. The fraction of sp³-hybridized carbons (Fsp3) is 0.333. The van der Waals surface area contributed by atoms with Crippen molar-refractivity contribution in [1.29, 1.82) is 0 Å². The van der Waals surface area contributed by atoms with Crippen LogP contribution in [0.2, 0.25) is 0 Å². The molecule has 0 amide bonds. The Labute approximate surface area is 167 Å². The minimum Gasteiger partial charge on any atom is -0.216 e. The van der Waals surface area contributed by atoms with E-state index in [0.29, 0.717) is 6.08 Å². The first kappa shape index (κ1) is 25.2. The Morgan fingerprint density at radius 1 is 0.677 bits per heavy atom. The van der Waals surface area contributed by atoms with Gasteiger partial charge in [0.1, 0.15) is 0 Å². The largest absolute Gasteiger partial charge is 0.469 e. The second-order valence-corrected chi connectivity index (χ2v) is 10.1. The quantitative estimate of drug-likeness (QED) is 0.590. The summed E-state index contributed by atoms with van der Waals surface area (Å²) >= 11 is 0. The van der Waals surface area contributed by atoms with Gasteiger partial charge in [0.05, 0.1) is 0 Å². The zero-order valence-corrected chi connectivity index (χ0v) is 16.0. The molecule has 0 atom stereocenters. The van der Waals surface area contributed by atoms with Crippen LogP contribution in [0.1, 0.15) is 6.42 Å². The molecule has 0 aliphatic heterocycles. The summed E-state index contributed by atoms with van der Waals surface area (Å²) in [6, 6.07) is 4.94. The number of hydrogen-bond acceptors (Lipinski definition) is 4. The highest BCUT2D eigenvalue weighted by Gasteiger charge is 2.75. The molecule has 0 heterocycles. The number of benzene rings is 1. The molecule has 0 unspecified atom stereocenters. The van der Waals surface area contributed by atoms with E-state index in [1.807, 2.05) is 0 Å². The van der Waals surface area contributed by atoms with Crippen molar-refractivity contribution in [2.75, 3.05) is 0 Å². The fourth-order valence-electron chi connectivity index (χ4n) is 2.46. The third-order valence-corrected chi connectivity index (χ3v) is 8.58. The number of rotatable bonds is 4. The van der Waals surface area contributed by atoms with Crippen LogP contribution < -0.4 is 10.4 Å². The van der Waals surface area contributed by atoms with Crippen LogP contribution in [-0.4, -0.2) is 39.7 Å². The van der Waals surface area contributed by atoms with Gasteiger partial charge in [-0.3, -0.25) is 0 Å². The maximum atomic E-state index is 13.7. The van der Waals surface area contributed by atoms with Crippen LogP contribution in [0.4, 0.5) is 43.9 Å². The van der Waals surface area contributed by atoms with Gasteiger partial charge in [-0.1, -0.05) is 30.3 Å². The van der Waals surface area contributed by atoms with E-state index in [0.717, 1.165) is 12.1 Å². The summed E-state index contributed by atoms with van der Waals surface area (Å²) in [6.45, 7) is 0. The van der Waals surface area contributed by atoms with Crippen molar-refractivity contribution in [3.8, 4) is 0 Å². The minimum atomic E-state index is -7.66. The Hall–Kier alpha value is -2.10. The predicted octanol–water partition coefficient (Wildman–Crippen LogP) is 3.00. The highest BCUT2D eigenvalue weighted by molar-refractivity contribution is 8.15. The van der Waals surface area contributed by atoms with Crippen LogP contribution in [-0.2, 0) is 19.7 Å². The van der Waals surface area contributed by atoms with Crippen LogP contribution in [0.3, 0.4) is 0 Å². The van der Waals surface area contributed by atoms with E-state index in [-0.39, 0.29) is 10.4 Å². The van der Waals surface area contributed by atoms with Crippen molar-refractivity contribution >= 4 is 31.8 Å². The van der Waals surface area contributed by atoms with E-state index < -0.39 is 58.8 Å². The van der Waals surface area contributed by atoms with Gasteiger partial charge in [-0.2, -0.15) is 43.9 Å². The first-order valence-electron chi connectivity index (χ1n) is 7.58. The van der Waals surface area contributed by atoms with Gasteiger partial charge in [-0.25, -0.2) is 16.8 Å². The van der Waals surface area contributed by atoms with Crippen LogP contribution in [0.5, 0.6) is 0 Å². The van der Waals surface area contributed by atoms with Gasteiger partial charge in [0.25, 0.3) is 19.7 Å². The van der Waals surface area contributed by atoms with Gasteiger partial charge in [0.15, 0.2) is 4.24 Å². The van der Waals surface area contributed by atoms with Crippen molar-refractivity contribution < 1.29 is 60.7 Å². The van der Waals surface area contributed by atoms with Crippen molar-refractivity contribution in [2.45, 2.75) is 29.3 Å². The molecule has 0 N–H and O–H groups in total. The number of hydrogen-bond donors (Lipinski definition) is 0. The molecule has 2 rings (SSSR count). The SMILES string of the molecule is O=S(=O)(C(=C1C=c2ccccc2=CC1)S(=O)(=O)C(F)(F)C(F)(F)F)C(F)(F)C(F)(F)F. The van der Waals surface area contributed by atoms with Crippen LogP contribution >= 0.6 is 0 Å². The third kappa shape index (κ3) is 3.83. The van der Waals surface area contributed by atoms with E-state index >= 15 is 0 Å². The zero-order valence-electron chi connectivity index (χ0n) is 14.4. The third-order valence-electron chi connectivity index (χ3n) is 3.95. The Balaban J connectivity index is 3.05. The Kier molecular flexibility index (Phi) is 5.86. The monoisotopic (exact) mass is 506 g/mol. The van der Waals surface area contributed by atoms with Crippen molar-refractivity contribution in [3.05, 3.63) is 44.5 Å². The van der Waals surface area contributed by atoms with E-state index in [4.69, 9.17) is 0 Å². The molecule has 0 bridgehead atoms. The molecule has 1 aromatic carbocycles. The van der Waals surface area contributed by atoms with Crippen molar-refractivity contribution in [2.24, 2.45) is 0 Å². The smallest absolute Gasteiger partial charge is 0.216 e. The fourth-order valence-corrected chi connectivity index (χ4v) is 6.30. The lowest BCUT2D eigenvalue weighted by Crippen LogP contribution is -2.50. The molecule has 1 aliphatic rings. The topological polar surface area (TPSA) is 68.3 Å². The van der Waals surface area contributed by atoms with E-state index in [1.54, 1.807) is 0 Å². The molecule has 31 heavy (non-hydrogen) atoms. The molecule has 0 saturated heterocycles. The lowest BCUT2D eigenvalue weighted by atomic mass is 10.0. The summed E-state index contributed by atoms with van der Waals surface area (Å²) in [5, 5.41) is -14.1. The van der Waals surface area contributed by atoms with E-state index in [9.17, 15) is 60.7 Å². The minimum absolute atomic E-state index is 0.158. The average molecular weight is 506 g/mol. The average Bonchev–Trinajstić information content (AvgIpc) is 2.59. The lowest BCUT2D eigenvalue weighted by molar-refractivity contribution is -0.241. The number of alkyl halides is 10. The Bertz CT molecular complexity index is 1200.